The topological polar surface area (TPSA) is 61.4 Å². The second kappa shape index (κ2) is 8.16. The first kappa shape index (κ1) is 17.5. The van der Waals surface area contributed by atoms with Crippen molar-refractivity contribution < 1.29 is 9.90 Å². The van der Waals surface area contributed by atoms with E-state index in [2.05, 4.69) is 38.7 Å². The maximum absolute atomic E-state index is 11.6. The van der Waals surface area contributed by atoms with Crippen molar-refractivity contribution >= 4 is 33.7 Å². The molecule has 0 bridgehead atoms. The van der Waals surface area contributed by atoms with Gasteiger partial charge in [-0.15, -0.1) is 11.8 Å². The standard InChI is InChI=1S/C18H19BrN2O2S/c19-14-8-6-12(7-9-14)10-15(17(22)23)20-18-21-16(11-24-18)13-4-2-1-3-5-13/h1-9,15-16,18,20-21H,10-11H2,(H,22,23). The van der Waals surface area contributed by atoms with Gasteiger partial charge in [0.25, 0.3) is 0 Å². The quantitative estimate of drug-likeness (QED) is 0.685. The van der Waals surface area contributed by atoms with Gasteiger partial charge in [-0.3, -0.25) is 15.4 Å². The third-order valence-electron chi connectivity index (χ3n) is 3.99. The largest absolute Gasteiger partial charge is 0.480 e. The van der Waals surface area contributed by atoms with E-state index in [9.17, 15) is 9.90 Å². The molecular formula is C18H19BrN2O2S. The van der Waals surface area contributed by atoms with Gasteiger partial charge in [-0.05, 0) is 29.7 Å². The fraction of sp³-hybridized carbons (Fsp3) is 0.278. The monoisotopic (exact) mass is 406 g/mol. The van der Waals surface area contributed by atoms with Gasteiger partial charge in [0.15, 0.2) is 0 Å². The number of rotatable bonds is 6. The molecule has 24 heavy (non-hydrogen) atoms. The Balaban J connectivity index is 1.60. The van der Waals surface area contributed by atoms with Gasteiger partial charge >= 0.3 is 5.97 Å². The van der Waals surface area contributed by atoms with E-state index >= 15 is 0 Å². The van der Waals surface area contributed by atoms with E-state index < -0.39 is 12.0 Å². The van der Waals surface area contributed by atoms with Crippen molar-refractivity contribution in [2.75, 3.05) is 5.75 Å². The molecule has 4 nitrogen and oxygen atoms in total. The smallest absolute Gasteiger partial charge is 0.321 e. The average molecular weight is 407 g/mol. The van der Waals surface area contributed by atoms with Crippen LogP contribution in [-0.4, -0.2) is 28.4 Å². The molecule has 1 heterocycles. The highest BCUT2D eigenvalue weighted by atomic mass is 79.9. The maximum Gasteiger partial charge on any atom is 0.321 e. The van der Waals surface area contributed by atoms with E-state index in [1.165, 1.54) is 5.56 Å². The van der Waals surface area contributed by atoms with Crippen molar-refractivity contribution in [3.63, 3.8) is 0 Å². The van der Waals surface area contributed by atoms with Crippen molar-refractivity contribution in [2.45, 2.75) is 24.0 Å². The zero-order chi connectivity index (χ0) is 16.9. The van der Waals surface area contributed by atoms with Crippen molar-refractivity contribution in [3.05, 3.63) is 70.2 Å². The minimum absolute atomic E-state index is 0.0632. The number of thioether (sulfide) groups is 1. The van der Waals surface area contributed by atoms with E-state index in [-0.39, 0.29) is 11.5 Å². The van der Waals surface area contributed by atoms with Gasteiger partial charge in [0.1, 0.15) is 11.5 Å². The molecule has 6 heteroatoms. The van der Waals surface area contributed by atoms with Crippen molar-refractivity contribution in [1.29, 1.82) is 0 Å². The highest BCUT2D eigenvalue weighted by molar-refractivity contribution is 9.10. The predicted molar refractivity (Wildman–Crippen MR) is 101 cm³/mol. The van der Waals surface area contributed by atoms with Gasteiger partial charge in [0.2, 0.25) is 0 Å². The number of halogens is 1. The van der Waals surface area contributed by atoms with E-state index in [4.69, 9.17) is 0 Å². The van der Waals surface area contributed by atoms with Crippen LogP contribution in [0.4, 0.5) is 0 Å². The van der Waals surface area contributed by atoms with Crippen LogP contribution in [-0.2, 0) is 11.2 Å². The van der Waals surface area contributed by atoms with Crippen LogP contribution in [0.1, 0.15) is 17.2 Å². The number of carbonyl (C=O) groups is 1. The van der Waals surface area contributed by atoms with Gasteiger partial charge in [0.05, 0.1) is 0 Å². The molecule has 1 aliphatic rings. The van der Waals surface area contributed by atoms with E-state index in [1.807, 2.05) is 42.5 Å². The van der Waals surface area contributed by atoms with Crippen LogP contribution in [0.3, 0.4) is 0 Å². The molecule has 0 saturated carbocycles. The molecule has 3 atom stereocenters. The molecule has 126 valence electrons. The summed E-state index contributed by atoms with van der Waals surface area (Å²) in [5.41, 5.74) is 2.17. The minimum Gasteiger partial charge on any atom is -0.480 e. The summed E-state index contributed by atoms with van der Waals surface area (Å²) in [5.74, 6) is 0.0928. The summed E-state index contributed by atoms with van der Waals surface area (Å²) in [6.07, 6.45) is 0.456. The van der Waals surface area contributed by atoms with Crippen molar-refractivity contribution in [3.8, 4) is 0 Å². The molecule has 0 spiro atoms. The minimum atomic E-state index is -0.830. The molecular weight excluding hydrogens is 388 g/mol. The Morgan fingerprint density at radius 3 is 2.62 bits per heavy atom. The number of aliphatic carboxylic acids is 1. The number of nitrogens with one attached hydrogen (secondary N) is 2. The van der Waals surface area contributed by atoms with Crippen LogP contribution in [0.25, 0.3) is 0 Å². The lowest BCUT2D eigenvalue weighted by molar-refractivity contribution is -0.139. The van der Waals surface area contributed by atoms with Gasteiger partial charge in [-0.2, -0.15) is 0 Å². The van der Waals surface area contributed by atoms with Crippen LogP contribution >= 0.6 is 27.7 Å². The molecule has 0 radical (unpaired) electrons. The maximum atomic E-state index is 11.6. The first-order chi connectivity index (χ1) is 11.6. The second-order valence-electron chi connectivity index (χ2n) is 5.73. The fourth-order valence-electron chi connectivity index (χ4n) is 2.70. The zero-order valence-corrected chi connectivity index (χ0v) is 15.4. The van der Waals surface area contributed by atoms with Gasteiger partial charge in [0, 0.05) is 16.3 Å². The van der Waals surface area contributed by atoms with Gasteiger partial charge < -0.3 is 5.11 Å². The molecule has 0 amide bonds. The first-order valence-corrected chi connectivity index (χ1v) is 9.62. The summed E-state index contributed by atoms with van der Waals surface area (Å²) in [5, 5.41) is 16.2. The van der Waals surface area contributed by atoms with Crippen molar-refractivity contribution in [2.24, 2.45) is 0 Å². The highest BCUT2D eigenvalue weighted by Crippen LogP contribution is 2.28. The summed E-state index contributed by atoms with van der Waals surface area (Å²) < 4.78 is 0.991. The summed E-state index contributed by atoms with van der Waals surface area (Å²) in [4.78, 5) is 11.6. The first-order valence-electron chi connectivity index (χ1n) is 7.78. The second-order valence-corrected chi connectivity index (χ2v) is 7.79. The Bertz CT molecular complexity index is 681. The third-order valence-corrected chi connectivity index (χ3v) is 5.65. The Morgan fingerprint density at radius 1 is 1.25 bits per heavy atom. The summed E-state index contributed by atoms with van der Waals surface area (Å²) >= 11 is 5.11. The summed E-state index contributed by atoms with van der Waals surface area (Å²) in [6, 6.07) is 17.6. The molecule has 2 aromatic rings. The number of hydrogen-bond donors (Lipinski definition) is 3. The molecule has 3 N–H and O–H groups in total. The summed E-state index contributed by atoms with van der Waals surface area (Å²) in [7, 11) is 0. The number of hydrogen-bond acceptors (Lipinski definition) is 4. The van der Waals surface area contributed by atoms with E-state index in [0.29, 0.717) is 6.42 Å². The number of benzene rings is 2. The lowest BCUT2D eigenvalue weighted by Crippen LogP contribution is -2.47. The highest BCUT2D eigenvalue weighted by Gasteiger charge is 2.29. The average Bonchev–Trinajstić information content (AvgIpc) is 3.05. The fourth-order valence-corrected chi connectivity index (χ4v) is 4.16. The van der Waals surface area contributed by atoms with Crippen LogP contribution < -0.4 is 10.6 Å². The molecule has 0 aliphatic carbocycles. The Morgan fingerprint density at radius 2 is 1.96 bits per heavy atom. The summed E-state index contributed by atoms with van der Waals surface area (Å²) in [6.45, 7) is 0. The zero-order valence-electron chi connectivity index (χ0n) is 13.0. The Kier molecular flexibility index (Phi) is 5.94. The van der Waals surface area contributed by atoms with E-state index in [0.717, 1.165) is 15.8 Å². The van der Waals surface area contributed by atoms with Crippen LogP contribution in [0.2, 0.25) is 0 Å². The van der Waals surface area contributed by atoms with E-state index in [1.54, 1.807) is 11.8 Å². The van der Waals surface area contributed by atoms with Crippen LogP contribution in [0, 0.1) is 0 Å². The Hall–Kier alpha value is -1.34. The van der Waals surface area contributed by atoms with Crippen molar-refractivity contribution in [1.82, 2.24) is 10.6 Å². The molecule has 3 unspecified atom stereocenters. The Labute approximate surface area is 154 Å². The lowest BCUT2D eigenvalue weighted by Gasteiger charge is -2.20. The van der Waals surface area contributed by atoms with Gasteiger partial charge in [-0.1, -0.05) is 58.4 Å². The molecule has 1 saturated heterocycles. The number of carboxylic acids is 1. The molecule has 0 aromatic heterocycles. The lowest BCUT2D eigenvalue weighted by atomic mass is 10.1. The predicted octanol–water partition coefficient (Wildman–Crippen LogP) is 3.40. The SMILES string of the molecule is O=C(O)C(Cc1ccc(Br)cc1)NC1NC(c2ccccc2)CS1. The molecule has 1 aliphatic heterocycles. The number of carboxylic acid groups (broad SMARTS) is 1. The normalized spacial score (nSPS) is 21.5. The molecule has 1 fully saturated rings. The third kappa shape index (κ3) is 4.60. The van der Waals surface area contributed by atoms with Crippen LogP contribution in [0.15, 0.2) is 59.1 Å². The molecule has 3 rings (SSSR count). The molecule has 2 aromatic carbocycles. The van der Waals surface area contributed by atoms with Gasteiger partial charge in [-0.25, -0.2) is 0 Å². The van der Waals surface area contributed by atoms with Crippen LogP contribution in [0.5, 0.6) is 0 Å².